The number of carbonyl (C=O) groups is 2. The van der Waals surface area contributed by atoms with Crippen molar-refractivity contribution in [2.75, 3.05) is 11.4 Å². The second kappa shape index (κ2) is 8.39. The quantitative estimate of drug-likeness (QED) is 0.695. The van der Waals surface area contributed by atoms with Gasteiger partial charge in [-0.15, -0.1) is 0 Å². The predicted octanol–water partition coefficient (Wildman–Crippen LogP) is 4.62. The van der Waals surface area contributed by atoms with E-state index in [-0.39, 0.29) is 12.3 Å². The molecule has 0 saturated heterocycles. The average Bonchev–Trinajstić information content (AvgIpc) is 2.81. The van der Waals surface area contributed by atoms with Gasteiger partial charge in [0.1, 0.15) is 0 Å². The molecule has 2 aromatic rings. The Balaban J connectivity index is 2.31. The number of hydrogen-bond donors (Lipinski definition) is 1. The normalized spacial score (nSPS) is 11.0. The fraction of sp³-hybridized carbons (Fsp3) is 0.474. The molecule has 25 heavy (non-hydrogen) atoms. The molecule has 0 spiro atoms. The minimum atomic E-state index is -0.778. The largest absolute Gasteiger partial charge is 0.481 e. The van der Waals surface area contributed by atoms with Gasteiger partial charge in [-0.1, -0.05) is 18.0 Å². The topological polar surface area (TPSA) is 62.5 Å². The Morgan fingerprint density at radius 1 is 1.24 bits per heavy atom. The summed E-state index contributed by atoms with van der Waals surface area (Å²) in [5.41, 5.74) is 3.02. The predicted molar refractivity (Wildman–Crippen MR) is 101 cm³/mol. The van der Waals surface area contributed by atoms with E-state index in [1.54, 1.807) is 11.8 Å². The summed E-state index contributed by atoms with van der Waals surface area (Å²) in [4.78, 5) is 24.7. The number of aryl methyl sites for hydroxylation is 1. The number of hydrogen-bond acceptors (Lipinski definition) is 2. The number of fused-ring (bicyclic) bond motifs is 1. The highest BCUT2D eigenvalue weighted by atomic mass is 35.5. The Morgan fingerprint density at radius 3 is 2.56 bits per heavy atom. The second-order valence-corrected chi connectivity index (χ2v) is 6.65. The lowest BCUT2D eigenvalue weighted by molar-refractivity contribution is -0.137. The van der Waals surface area contributed by atoms with Crippen LogP contribution in [0.2, 0.25) is 5.02 Å². The summed E-state index contributed by atoms with van der Waals surface area (Å²) in [5.74, 6) is -0.795. The van der Waals surface area contributed by atoms with E-state index in [1.807, 2.05) is 25.1 Å². The van der Waals surface area contributed by atoms with Gasteiger partial charge in [0.2, 0.25) is 5.91 Å². The van der Waals surface area contributed by atoms with Crippen LogP contribution in [0.25, 0.3) is 10.9 Å². The third kappa shape index (κ3) is 4.34. The molecule has 0 bridgehead atoms. The zero-order valence-electron chi connectivity index (χ0n) is 15.0. The Morgan fingerprint density at radius 2 is 1.96 bits per heavy atom. The molecule has 1 heterocycles. The minimum Gasteiger partial charge on any atom is -0.481 e. The van der Waals surface area contributed by atoms with Crippen LogP contribution in [0.1, 0.15) is 45.2 Å². The fourth-order valence-electron chi connectivity index (χ4n) is 3.33. The summed E-state index contributed by atoms with van der Waals surface area (Å²) in [6.45, 7) is 7.05. The highest BCUT2D eigenvalue weighted by molar-refractivity contribution is 6.31. The summed E-state index contributed by atoms with van der Waals surface area (Å²) < 4.78 is 2.18. The Bertz CT molecular complexity index is 783. The van der Waals surface area contributed by atoms with Gasteiger partial charge in [0, 0.05) is 42.5 Å². The summed E-state index contributed by atoms with van der Waals surface area (Å²) in [7, 11) is 0. The molecule has 136 valence electrons. The van der Waals surface area contributed by atoms with E-state index in [0.29, 0.717) is 18.0 Å². The van der Waals surface area contributed by atoms with Gasteiger partial charge < -0.3 is 14.6 Å². The molecule has 2 rings (SSSR count). The van der Waals surface area contributed by atoms with Crippen molar-refractivity contribution < 1.29 is 14.7 Å². The number of nitrogens with zero attached hydrogens (tertiary/aromatic N) is 2. The van der Waals surface area contributed by atoms with Crippen LogP contribution in [0.15, 0.2) is 18.2 Å². The second-order valence-electron chi connectivity index (χ2n) is 6.21. The van der Waals surface area contributed by atoms with E-state index < -0.39 is 5.97 Å². The van der Waals surface area contributed by atoms with Crippen LogP contribution in [0.4, 0.5) is 5.69 Å². The van der Waals surface area contributed by atoms with Crippen molar-refractivity contribution in [2.24, 2.45) is 0 Å². The van der Waals surface area contributed by atoms with Crippen LogP contribution in [0, 0.1) is 6.92 Å². The van der Waals surface area contributed by atoms with Crippen molar-refractivity contribution in [3.63, 3.8) is 0 Å². The molecular weight excluding hydrogens is 340 g/mol. The zero-order valence-corrected chi connectivity index (χ0v) is 15.8. The van der Waals surface area contributed by atoms with Crippen LogP contribution < -0.4 is 4.90 Å². The van der Waals surface area contributed by atoms with Gasteiger partial charge in [0.25, 0.3) is 0 Å². The molecule has 6 heteroatoms. The molecular formula is C19H25ClN2O3. The van der Waals surface area contributed by atoms with E-state index in [2.05, 4.69) is 11.5 Å². The van der Waals surface area contributed by atoms with Gasteiger partial charge in [-0.25, -0.2) is 0 Å². The van der Waals surface area contributed by atoms with E-state index in [9.17, 15) is 9.59 Å². The van der Waals surface area contributed by atoms with Crippen LogP contribution in [-0.2, 0) is 16.1 Å². The first-order valence-electron chi connectivity index (χ1n) is 8.65. The molecule has 1 amide bonds. The number of carbonyl (C=O) groups excluding carboxylic acids is 1. The Kier molecular flexibility index (Phi) is 6.48. The monoisotopic (exact) mass is 364 g/mol. The fourth-order valence-corrected chi connectivity index (χ4v) is 3.51. The zero-order chi connectivity index (χ0) is 18.6. The Hall–Kier alpha value is -2.01. The molecule has 0 radical (unpaired) electrons. The highest BCUT2D eigenvalue weighted by Crippen LogP contribution is 2.35. The van der Waals surface area contributed by atoms with E-state index in [1.165, 1.54) is 0 Å². The van der Waals surface area contributed by atoms with Crippen LogP contribution in [-0.4, -0.2) is 28.1 Å². The molecule has 0 atom stereocenters. The number of rotatable bonds is 8. The molecule has 5 nitrogen and oxygen atoms in total. The maximum Gasteiger partial charge on any atom is 0.303 e. The molecule has 0 unspecified atom stereocenters. The van der Waals surface area contributed by atoms with Crippen LogP contribution in [0.5, 0.6) is 0 Å². The molecule has 0 aliphatic rings. The number of unbranched alkanes of at least 4 members (excludes halogenated alkanes) is 2. The van der Waals surface area contributed by atoms with Gasteiger partial charge in [0.15, 0.2) is 0 Å². The maximum absolute atomic E-state index is 12.3. The van der Waals surface area contributed by atoms with Gasteiger partial charge in [-0.2, -0.15) is 0 Å². The lowest BCUT2D eigenvalue weighted by Gasteiger charge is -2.22. The molecule has 1 aromatic heterocycles. The van der Waals surface area contributed by atoms with E-state index >= 15 is 0 Å². The van der Waals surface area contributed by atoms with Crippen molar-refractivity contribution in [3.8, 4) is 0 Å². The standard InChI is InChI=1S/C19H25ClN2O3/c1-4-21-13(2)19(16-12-15(20)9-10-17(16)21)22(14(3)23)11-7-5-6-8-18(24)25/h9-10,12H,4-8,11H2,1-3H3,(H,24,25). The lowest BCUT2D eigenvalue weighted by atomic mass is 10.1. The first-order valence-corrected chi connectivity index (χ1v) is 9.02. The first kappa shape index (κ1) is 19.3. The summed E-state index contributed by atoms with van der Waals surface area (Å²) in [6, 6.07) is 5.76. The van der Waals surface area contributed by atoms with Crippen molar-refractivity contribution in [1.82, 2.24) is 4.57 Å². The molecule has 0 fully saturated rings. The van der Waals surface area contributed by atoms with Crippen molar-refractivity contribution in [1.29, 1.82) is 0 Å². The summed E-state index contributed by atoms with van der Waals surface area (Å²) >= 11 is 6.19. The molecule has 1 N–H and O–H groups in total. The number of aromatic nitrogens is 1. The molecule has 0 aliphatic heterocycles. The minimum absolute atomic E-state index is 0.0172. The van der Waals surface area contributed by atoms with E-state index in [4.69, 9.17) is 16.7 Å². The number of halogens is 1. The van der Waals surface area contributed by atoms with Gasteiger partial charge in [0.05, 0.1) is 11.2 Å². The number of aliphatic carboxylic acids is 1. The van der Waals surface area contributed by atoms with Crippen molar-refractivity contribution in [2.45, 2.75) is 53.0 Å². The van der Waals surface area contributed by atoms with Gasteiger partial charge in [-0.3, -0.25) is 9.59 Å². The highest BCUT2D eigenvalue weighted by Gasteiger charge is 2.21. The smallest absolute Gasteiger partial charge is 0.303 e. The van der Waals surface area contributed by atoms with Crippen molar-refractivity contribution >= 4 is 40.1 Å². The summed E-state index contributed by atoms with van der Waals surface area (Å²) in [5, 5.41) is 10.3. The SMILES string of the molecule is CCn1c(C)c(N(CCCCCC(=O)O)C(C)=O)c2cc(Cl)ccc21. The lowest BCUT2D eigenvalue weighted by Crippen LogP contribution is -2.30. The third-order valence-corrected chi connectivity index (χ3v) is 4.73. The number of benzene rings is 1. The van der Waals surface area contributed by atoms with Gasteiger partial charge >= 0.3 is 5.97 Å². The summed E-state index contributed by atoms with van der Waals surface area (Å²) in [6.07, 6.45) is 2.35. The number of anilines is 1. The number of amides is 1. The van der Waals surface area contributed by atoms with Crippen LogP contribution >= 0.6 is 11.6 Å². The Labute approximate surface area is 153 Å². The molecule has 0 aliphatic carbocycles. The van der Waals surface area contributed by atoms with Gasteiger partial charge in [-0.05, 0) is 44.9 Å². The average molecular weight is 365 g/mol. The number of carboxylic acid groups (broad SMARTS) is 1. The third-order valence-electron chi connectivity index (χ3n) is 4.49. The molecule has 1 aromatic carbocycles. The molecule has 0 saturated carbocycles. The first-order chi connectivity index (χ1) is 11.9. The van der Waals surface area contributed by atoms with E-state index in [0.717, 1.165) is 41.7 Å². The van der Waals surface area contributed by atoms with Crippen molar-refractivity contribution in [3.05, 3.63) is 28.9 Å². The van der Waals surface area contributed by atoms with Crippen LogP contribution in [0.3, 0.4) is 0 Å². The number of carboxylic acids is 1. The maximum atomic E-state index is 12.3.